The molecule has 10 heteroatoms. The van der Waals surface area contributed by atoms with E-state index in [-0.39, 0.29) is 44.6 Å². The molecular formula is C19H27N5O4S. The number of carbonyl (C=O) groups excluding carboxylic acids is 1. The maximum atomic E-state index is 12.3. The zero-order valence-corrected chi connectivity index (χ0v) is 16.0. The third-order valence-electron chi connectivity index (χ3n) is 3.45. The summed E-state index contributed by atoms with van der Waals surface area (Å²) < 4.78 is 27.2. The van der Waals surface area contributed by atoms with E-state index >= 15 is 0 Å². The molecule has 0 bridgehead atoms. The maximum Gasteiger partial charge on any atom is 0.236 e. The number of nitrogens with zero attached hydrogens (tertiary/aromatic N) is 1. The van der Waals surface area contributed by atoms with Crippen molar-refractivity contribution in [2.45, 2.75) is 19.6 Å². The number of guanidine groups is 1. The van der Waals surface area contributed by atoms with Crippen LogP contribution in [0.4, 0.5) is 5.69 Å². The van der Waals surface area contributed by atoms with Crippen LogP contribution < -0.4 is 21.5 Å². The van der Waals surface area contributed by atoms with Crippen LogP contribution in [0.1, 0.15) is 18.6 Å². The van der Waals surface area contributed by atoms with Crippen LogP contribution in [-0.2, 0) is 31.8 Å². The molecule has 0 unspecified atom stereocenters. The van der Waals surface area contributed by atoms with Crippen LogP contribution in [-0.4, -0.2) is 33.4 Å². The number of carbonyl (C=O) groups is 1. The first-order chi connectivity index (χ1) is 13.3. The van der Waals surface area contributed by atoms with Gasteiger partial charge in [0.2, 0.25) is 21.9 Å². The van der Waals surface area contributed by atoms with E-state index in [1.54, 1.807) is 48.5 Å². The predicted molar refractivity (Wildman–Crippen MR) is 114 cm³/mol. The van der Waals surface area contributed by atoms with E-state index in [1.165, 1.54) is 0 Å². The van der Waals surface area contributed by atoms with Gasteiger partial charge in [-0.25, -0.2) is 8.42 Å². The highest BCUT2D eigenvalue weighted by Gasteiger charge is 2.12. The molecule has 0 fully saturated rings. The monoisotopic (exact) mass is 421 g/mol. The molecular weight excluding hydrogens is 394 g/mol. The first kappa shape index (κ1) is 23.8. The number of amides is 1. The zero-order chi connectivity index (χ0) is 20.4. The third kappa shape index (κ3) is 9.47. The molecule has 0 spiro atoms. The summed E-state index contributed by atoms with van der Waals surface area (Å²) in [5, 5.41) is 5.99. The lowest BCUT2D eigenvalue weighted by atomic mass is 10.1. The van der Waals surface area contributed by atoms with Gasteiger partial charge in [-0.1, -0.05) is 49.9 Å². The van der Waals surface area contributed by atoms with Crippen molar-refractivity contribution >= 4 is 27.6 Å². The number of hydrogen-bond donors (Lipinski definition) is 4. The second-order valence-electron chi connectivity index (χ2n) is 5.92. The van der Waals surface area contributed by atoms with Gasteiger partial charge in [0, 0.05) is 5.69 Å². The third-order valence-corrected chi connectivity index (χ3v) is 4.71. The Balaban J connectivity index is 0.00000420. The van der Waals surface area contributed by atoms with Crippen molar-refractivity contribution in [2.24, 2.45) is 16.6 Å². The Kier molecular flexibility index (Phi) is 9.46. The molecule has 0 aromatic heterocycles. The average Bonchev–Trinajstić information content (AvgIpc) is 2.61. The van der Waals surface area contributed by atoms with Crippen molar-refractivity contribution in [1.82, 2.24) is 5.32 Å². The minimum absolute atomic E-state index is 0. The van der Waals surface area contributed by atoms with Gasteiger partial charge in [-0.05, 0) is 28.4 Å². The molecule has 2 aromatic carbocycles. The lowest BCUT2D eigenvalue weighted by Crippen LogP contribution is -2.29. The van der Waals surface area contributed by atoms with Gasteiger partial charge >= 0.3 is 0 Å². The molecule has 29 heavy (non-hydrogen) atoms. The molecule has 2 aromatic rings. The maximum absolute atomic E-state index is 12.3. The lowest BCUT2D eigenvalue weighted by Gasteiger charge is -2.10. The van der Waals surface area contributed by atoms with E-state index in [2.05, 4.69) is 15.2 Å². The molecule has 0 aliphatic rings. The number of nitrogens with two attached hydrogens (primary N) is 2. The van der Waals surface area contributed by atoms with E-state index in [0.717, 1.165) is 0 Å². The smallest absolute Gasteiger partial charge is 0.236 e. The van der Waals surface area contributed by atoms with Crippen LogP contribution in [0.3, 0.4) is 0 Å². The number of benzene rings is 2. The molecule has 158 valence electrons. The molecule has 2 rings (SSSR count). The SMILES string of the molecule is C.NC(N)=NOCCNC(=O)Cc1cccc(NS(=O)(=O)Cc2ccccc2)c1. The predicted octanol–water partition coefficient (Wildman–Crippen LogP) is 1.13. The Morgan fingerprint density at radius 2 is 1.72 bits per heavy atom. The van der Waals surface area contributed by atoms with Gasteiger partial charge in [-0.2, -0.15) is 0 Å². The van der Waals surface area contributed by atoms with Gasteiger partial charge in [0.1, 0.15) is 6.61 Å². The Morgan fingerprint density at radius 1 is 1.03 bits per heavy atom. The summed E-state index contributed by atoms with van der Waals surface area (Å²) in [6, 6.07) is 15.6. The van der Waals surface area contributed by atoms with Crippen LogP contribution >= 0.6 is 0 Å². The van der Waals surface area contributed by atoms with Crippen LogP contribution in [0.2, 0.25) is 0 Å². The van der Waals surface area contributed by atoms with Crippen LogP contribution in [0.25, 0.3) is 0 Å². The number of oxime groups is 1. The highest BCUT2D eigenvalue weighted by atomic mass is 32.2. The Labute approximate surface area is 171 Å². The van der Waals surface area contributed by atoms with E-state index in [4.69, 9.17) is 16.3 Å². The normalized spacial score (nSPS) is 10.3. The summed E-state index contributed by atoms with van der Waals surface area (Å²) >= 11 is 0. The fourth-order valence-electron chi connectivity index (χ4n) is 2.36. The van der Waals surface area contributed by atoms with E-state index in [9.17, 15) is 13.2 Å². The zero-order valence-electron chi connectivity index (χ0n) is 15.2. The highest BCUT2D eigenvalue weighted by Crippen LogP contribution is 2.15. The summed E-state index contributed by atoms with van der Waals surface area (Å²) in [5.74, 6) is -0.565. The van der Waals surface area contributed by atoms with E-state index < -0.39 is 10.0 Å². The van der Waals surface area contributed by atoms with Crippen molar-refractivity contribution in [3.63, 3.8) is 0 Å². The summed E-state index contributed by atoms with van der Waals surface area (Å²) in [6.45, 7) is 0.363. The van der Waals surface area contributed by atoms with Gasteiger partial charge in [-0.3, -0.25) is 9.52 Å². The minimum atomic E-state index is -3.56. The molecule has 0 radical (unpaired) electrons. The molecule has 0 aliphatic carbocycles. The minimum Gasteiger partial charge on any atom is -0.391 e. The van der Waals surface area contributed by atoms with E-state index in [1.807, 2.05) is 6.07 Å². The summed E-state index contributed by atoms with van der Waals surface area (Å²) in [6.07, 6.45) is 0.0938. The van der Waals surface area contributed by atoms with Crippen molar-refractivity contribution < 1.29 is 18.0 Å². The topological polar surface area (TPSA) is 149 Å². The summed E-state index contributed by atoms with van der Waals surface area (Å²) in [7, 11) is -3.56. The summed E-state index contributed by atoms with van der Waals surface area (Å²) in [5.41, 5.74) is 12.0. The molecule has 0 saturated heterocycles. The Morgan fingerprint density at radius 3 is 2.41 bits per heavy atom. The van der Waals surface area contributed by atoms with Crippen molar-refractivity contribution in [3.05, 3.63) is 65.7 Å². The number of hydrogen-bond acceptors (Lipinski definition) is 5. The second-order valence-corrected chi connectivity index (χ2v) is 7.65. The van der Waals surface area contributed by atoms with Gasteiger partial charge in [0.05, 0.1) is 18.7 Å². The van der Waals surface area contributed by atoms with Gasteiger partial charge in [-0.15, -0.1) is 0 Å². The lowest BCUT2D eigenvalue weighted by molar-refractivity contribution is -0.120. The first-order valence-electron chi connectivity index (χ1n) is 8.45. The van der Waals surface area contributed by atoms with Crippen LogP contribution in [0.15, 0.2) is 59.8 Å². The molecule has 0 saturated carbocycles. The van der Waals surface area contributed by atoms with Gasteiger partial charge in [0.15, 0.2) is 0 Å². The number of nitrogens with one attached hydrogen (secondary N) is 2. The van der Waals surface area contributed by atoms with Crippen molar-refractivity contribution in [2.75, 3.05) is 17.9 Å². The molecule has 0 aliphatic heterocycles. The molecule has 1 amide bonds. The Bertz CT molecular complexity index is 913. The number of rotatable bonds is 10. The highest BCUT2D eigenvalue weighted by molar-refractivity contribution is 7.91. The average molecular weight is 422 g/mol. The van der Waals surface area contributed by atoms with Gasteiger partial charge in [0.25, 0.3) is 0 Å². The number of anilines is 1. The largest absolute Gasteiger partial charge is 0.391 e. The Hall–Kier alpha value is -3.27. The summed E-state index contributed by atoms with van der Waals surface area (Å²) in [4.78, 5) is 16.7. The second kappa shape index (κ2) is 11.5. The molecule has 0 heterocycles. The van der Waals surface area contributed by atoms with Gasteiger partial charge < -0.3 is 21.6 Å². The number of sulfonamides is 1. The fraction of sp³-hybridized carbons (Fsp3) is 0.263. The van der Waals surface area contributed by atoms with Crippen LogP contribution in [0, 0.1) is 0 Å². The van der Waals surface area contributed by atoms with E-state index in [0.29, 0.717) is 16.8 Å². The first-order valence-corrected chi connectivity index (χ1v) is 10.1. The molecule has 9 nitrogen and oxygen atoms in total. The molecule has 6 N–H and O–H groups in total. The quantitative estimate of drug-likeness (QED) is 0.195. The van der Waals surface area contributed by atoms with Crippen LogP contribution in [0.5, 0.6) is 0 Å². The standard InChI is InChI=1S/C18H23N5O4S.CH4/c19-18(20)22-27-10-9-21-17(24)12-15-7-4-8-16(11-15)23-28(25,26)13-14-5-2-1-3-6-14;/h1-8,11,23H,9-10,12-13H2,(H,21,24)(H4,19,20,22);1H4. The van der Waals surface area contributed by atoms with Crippen molar-refractivity contribution in [1.29, 1.82) is 0 Å². The molecule has 0 atom stereocenters. The van der Waals surface area contributed by atoms with Crippen molar-refractivity contribution in [3.8, 4) is 0 Å². The fourth-order valence-corrected chi connectivity index (χ4v) is 3.55.